The van der Waals surface area contributed by atoms with Gasteiger partial charge in [-0.25, -0.2) is 13.5 Å². The van der Waals surface area contributed by atoms with Crippen LogP contribution in [0.3, 0.4) is 0 Å². The maximum Gasteiger partial charge on any atom is 0.135 e. The molecule has 0 bridgehead atoms. The molecule has 0 saturated carbocycles. The molecule has 3 nitrogen and oxygen atoms in total. The van der Waals surface area contributed by atoms with Crippen LogP contribution in [0.15, 0.2) is 48.7 Å². The van der Waals surface area contributed by atoms with E-state index in [1.165, 1.54) is 22.9 Å². The molecule has 21 heavy (non-hydrogen) atoms. The van der Waals surface area contributed by atoms with E-state index < -0.39 is 11.6 Å². The van der Waals surface area contributed by atoms with Gasteiger partial charge in [0.15, 0.2) is 0 Å². The van der Waals surface area contributed by atoms with Gasteiger partial charge in [0.2, 0.25) is 0 Å². The van der Waals surface area contributed by atoms with E-state index in [-0.39, 0.29) is 16.9 Å². The Hall–Kier alpha value is -2.69. The Morgan fingerprint density at radius 2 is 1.62 bits per heavy atom. The summed E-state index contributed by atoms with van der Waals surface area (Å²) in [5.41, 5.74) is 7.86. The van der Waals surface area contributed by atoms with Crippen molar-refractivity contribution >= 4 is 5.69 Å². The van der Waals surface area contributed by atoms with E-state index in [1.807, 2.05) is 31.2 Å². The molecule has 0 aliphatic carbocycles. The molecule has 0 spiro atoms. The fraction of sp³-hybridized carbons (Fsp3) is 0.0625. The first-order valence-corrected chi connectivity index (χ1v) is 6.43. The van der Waals surface area contributed by atoms with Gasteiger partial charge < -0.3 is 5.73 Å². The maximum atomic E-state index is 13.8. The molecule has 2 N–H and O–H groups in total. The van der Waals surface area contributed by atoms with Crippen LogP contribution >= 0.6 is 0 Å². The summed E-state index contributed by atoms with van der Waals surface area (Å²) < 4.78 is 29.2. The van der Waals surface area contributed by atoms with Gasteiger partial charge in [0.1, 0.15) is 17.3 Å². The summed E-state index contributed by atoms with van der Waals surface area (Å²) in [5, 5.41) is 4.21. The Morgan fingerprint density at radius 1 is 1.00 bits per heavy atom. The third-order valence-electron chi connectivity index (χ3n) is 3.24. The Balaban J connectivity index is 2.12. The van der Waals surface area contributed by atoms with Gasteiger partial charge >= 0.3 is 0 Å². The third-order valence-corrected chi connectivity index (χ3v) is 3.24. The second kappa shape index (κ2) is 5.01. The van der Waals surface area contributed by atoms with Gasteiger partial charge in [-0.05, 0) is 31.2 Å². The van der Waals surface area contributed by atoms with Crippen LogP contribution in [0.1, 0.15) is 5.56 Å². The minimum Gasteiger partial charge on any atom is -0.396 e. The van der Waals surface area contributed by atoms with Gasteiger partial charge in [-0.15, -0.1) is 0 Å². The number of nitrogens with zero attached hydrogens (tertiary/aromatic N) is 2. The summed E-state index contributed by atoms with van der Waals surface area (Å²) in [6, 6.07) is 11.3. The fourth-order valence-corrected chi connectivity index (χ4v) is 2.14. The first kappa shape index (κ1) is 13.3. The first-order chi connectivity index (χ1) is 10.1. The number of aryl methyl sites for hydroxylation is 1. The third kappa shape index (κ3) is 2.38. The zero-order valence-corrected chi connectivity index (χ0v) is 11.3. The zero-order chi connectivity index (χ0) is 15.0. The Kier molecular flexibility index (Phi) is 3.17. The SMILES string of the molecule is Cc1ccc(-n2cc(N)c(-c3c(F)cccc3F)n2)cc1. The lowest BCUT2D eigenvalue weighted by Gasteiger charge is -2.03. The molecule has 3 rings (SSSR count). The van der Waals surface area contributed by atoms with Crippen LogP contribution in [-0.2, 0) is 0 Å². The molecular weight excluding hydrogens is 272 g/mol. The predicted octanol–water partition coefficient (Wildman–Crippen LogP) is 3.71. The molecule has 0 fully saturated rings. The van der Waals surface area contributed by atoms with Gasteiger partial charge in [-0.2, -0.15) is 5.10 Å². The highest BCUT2D eigenvalue weighted by atomic mass is 19.1. The monoisotopic (exact) mass is 285 g/mol. The van der Waals surface area contributed by atoms with Crippen LogP contribution < -0.4 is 5.73 Å². The van der Waals surface area contributed by atoms with E-state index >= 15 is 0 Å². The lowest BCUT2D eigenvalue weighted by atomic mass is 10.1. The standard InChI is InChI=1S/C16H13F2N3/c1-10-5-7-11(8-6-10)21-9-14(19)16(20-21)15-12(17)3-2-4-13(15)18/h2-9H,19H2,1H3. The normalized spacial score (nSPS) is 10.8. The van der Waals surface area contributed by atoms with E-state index in [0.717, 1.165) is 11.3 Å². The summed E-state index contributed by atoms with van der Waals surface area (Å²) in [6.45, 7) is 1.97. The Morgan fingerprint density at radius 3 is 2.24 bits per heavy atom. The van der Waals surface area contributed by atoms with E-state index in [4.69, 9.17) is 5.73 Å². The number of nitrogens with two attached hydrogens (primary N) is 1. The lowest BCUT2D eigenvalue weighted by molar-refractivity contribution is 0.588. The quantitative estimate of drug-likeness (QED) is 0.780. The van der Waals surface area contributed by atoms with Gasteiger partial charge in [-0.1, -0.05) is 23.8 Å². The number of halogens is 2. The fourth-order valence-electron chi connectivity index (χ4n) is 2.14. The van der Waals surface area contributed by atoms with Crippen LogP contribution in [-0.4, -0.2) is 9.78 Å². The topological polar surface area (TPSA) is 43.8 Å². The Bertz CT molecular complexity index is 772. The molecule has 5 heteroatoms. The van der Waals surface area contributed by atoms with Crippen LogP contribution in [0.4, 0.5) is 14.5 Å². The van der Waals surface area contributed by atoms with Crippen molar-refractivity contribution in [2.24, 2.45) is 0 Å². The molecule has 0 unspecified atom stereocenters. The number of aromatic nitrogens is 2. The zero-order valence-electron chi connectivity index (χ0n) is 11.3. The maximum absolute atomic E-state index is 13.8. The van der Waals surface area contributed by atoms with E-state index in [9.17, 15) is 8.78 Å². The van der Waals surface area contributed by atoms with Crippen molar-refractivity contribution in [2.45, 2.75) is 6.92 Å². The van der Waals surface area contributed by atoms with Crippen molar-refractivity contribution in [1.29, 1.82) is 0 Å². The van der Waals surface area contributed by atoms with E-state index in [0.29, 0.717) is 0 Å². The highest BCUT2D eigenvalue weighted by Crippen LogP contribution is 2.30. The molecule has 1 heterocycles. The van der Waals surface area contributed by atoms with Crippen molar-refractivity contribution in [2.75, 3.05) is 5.73 Å². The van der Waals surface area contributed by atoms with Crippen molar-refractivity contribution in [3.05, 3.63) is 65.9 Å². The molecule has 0 aliphatic heterocycles. The van der Waals surface area contributed by atoms with Crippen LogP contribution in [0.5, 0.6) is 0 Å². The molecule has 0 radical (unpaired) electrons. The Labute approximate surface area is 120 Å². The minimum absolute atomic E-state index is 0.103. The number of rotatable bonds is 2. The van der Waals surface area contributed by atoms with Gasteiger partial charge in [-0.3, -0.25) is 0 Å². The van der Waals surface area contributed by atoms with E-state index in [1.54, 1.807) is 6.20 Å². The number of benzene rings is 2. The van der Waals surface area contributed by atoms with Crippen molar-refractivity contribution in [3.8, 4) is 16.9 Å². The average Bonchev–Trinajstić information content (AvgIpc) is 2.81. The number of nitrogen functional groups attached to an aromatic ring is 1. The molecular formula is C16H13F2N3. The highest BCUT2D eigenvalue weighted by Gasteiger charge is 2.17. The highest BCUT2D eigenvalue weighted by molar-refractivity contribution is 5.73. The van der Waals surface area contributed by atoms with Crippen LogP contribution in [0, 0.1) is 18.6 Å². The summed E-state index contributed by atoms with van der Waals surface area (Å²) in [7, 11) is 0. The molecule has 2 aromatic carbocycles. The first-order valence-electron chi connectivity index (χ1n) is 6.43. The minimum atomic E-state index is -0.684. The second-order valence-electron chi connectivity index (χ2n) is 4.81. The smallest absolute Gasteiger partial charge is 0.135 e. The molecule has 0 atom stereocenters. The summed E-state index contributed by atoms with van der Waals surface area (Å²) in [4.78, 5) is 0. The number of hydrogen-bond donors (Lipinski definition) is 1. The summed E-state index contributed by atoms with van der Waals surface area (Å²) in [6.07, 6.45) is 1.55. The van der Waals surface area contributed by atoms with Crippen LogP contribution in [0.2, 0.25) is 0 Å². The molecule has 0 aliphatic rings. The number of anilines is 1. The van der Waals surface area contributed by atoms with Gasteiger partial charge in [0.25, 0.3) is 0 Å². The number of hydrogen-bond acceptors (Lipinski definition) is 2. The van der Waals surface area contributed by atoms with E-state index in [2.05, 4.69) is 5.10 Å². The van der Waals surface area contributed by atoms with Crippen molar-refractivity contribution < 1.29 is 8.78 Å². The van der Waals surface area contributed by atoms with Crippen molar-refractivity contribution in [3.63, 3.8) is 0 Å². The van der Waals surface area contributed by atoms with Gasteiger partial charge in [0.05, 0.1) is 23.1 Å². The molecule has 3 aromatic rings. The second-order valence-corrected chi connectivity index (χ2v) is 4.81. The predicted molar refractivity (Wildman–Crippen MR) is 78.1 cm³/mol. The lowest BCUT2D eigenvalue weighted by Crippen LogP contribution is -1.96. The van der Waals surface area contributed by atoms with Crippen molar-refractivity contribution in [1.82, 2.24) is 9.78 Å². The molecule has 1 aromatic heterocycles. The average molecular weight is 285 g/mol. The summed E-state index contributed by atoms with van der Waals surface area (Å²) >= 11 is 0. The van der Waals surface area contributed by atoms with Crippen LogP contribution in [0.25, 0.3) is 16.9 Å². The van der Waals surface area contributed by atoms with Gasteiger partial charge in [0, 0.05) is 0 Å². The molecule has 0 saturated heterocycles. The largest absolute Gasteiger partial charge is 0.396 e. The molecule has 106 valence electrons. The molecule has 0 amide bonds. The summed E-state index contributed by atoms with van der Waals surface area (Å²) in [5.74, 6) is -1.37.